The average Bonchev–Trinajstić information content (AvgIpc) is 3.32. The molecule has 9 heteroatoms. The predicted octanol–water partition coefficient (Wildman–Crippen LogP) is 1.36. The molecule has 0 amide bonds. The maximum absolute atomic E-state index is 12.4. The Balaban J connectivity index is 1.56. The van der Waals surface area contributed by atoms with Gasteiger partial charge in [-0.1, -0.05) is 0 Å². The molecule has 8 nitrogen and oxygen atoms in total. The topological polar surface area (TPSA) is 73.2 Å². The molecular formula is C16H19N7OS. The number of nitrogens with zero attached hydrogens (tertiary/aromatic N) is 7. The van der Waals surface area contributed by atoms with E-state index in [1.54, 1.807) is 17.8 Å². The molecule has 0 aromatic carbocycles. The molecule has 0 aliphatic heterocycles. The fourth-order valence-electron chi connectivity index (χ4n) is 3.02. The van der Waals surface area contributed by atoms with Crippen LogP contribution in [0.15, 0.2) is 35.0 Å². The summed E-state index contributed by atoms with van der Waals surface area (Å²) in [5.41, 5.74) is 0.861. The highest BCUT2D eigenvalue weighted by Gasteiger charge is 2.16. The molecule has 0 spiro atoms. The SMILES string of the molecule is CN(CCCn1ccnc1)Cc1nnc2n(C)c(=O)c3sccc3n12. The molecule has 4 heterocycles. The first-order chi connectivity index (χ1) is 12.1. The van der Waals surface area contributed by atoms with Gasteiger partial charge in [0.25, 0.3) is 5.56 Å². The lowest BCUT2D eigenvalue weighted by Crippen LogP contribution is -2.23. The van der Waals surface area contributed by atoms with Gasteiger partial charge in [-0.15, -0.1) is 21.5 Å². The van der Waals surface area contributed by atoms with Crippen LogP contribution in [0.2, 0.25) is 0 Å². The van der Waals surface area contributed by atoms with Crippen LogP contribution in [0.1, 0.15) is 12.2 Å². The van der Waals surface area contributed by atoms with Crippen molar-refractivity contribution in [2.75, 3.05) is 13.6 Å². The van der Waals surface area contributed by atoms with Gasteiger partial charge in [-0.25, -0.2) is 4.98 Å². The number of hydrogen-bond acceptors (Lipinski definition) is 6. The van der Waals surface area contributed by atoms with E-state index in [1.807, 2.05) is 28.4 Å². The van der Waals surface area contributed by atoms with E-state index in [0.717, 1.165) is 35.6 Å². The third-order valence-corrected chi connectivity index (χ3v) is 5.22. The van der Waals surface area contributed by atoms with Gasteiger partial charge >= 0.3 is 0 Å². The van der Waals surface area contributed by atoms with Crippen LogP contribution in [0, 0.1) is 0 Å². The maximum atomic E-state index is 12.4. The summed E-state index contributed by atoms with van der Waals surface area (Å²) in [6, 6.07) is 1.96. The zero-order valence-corrected chi connectivity index (χ0v) is 15.0. The molecule has 0 radical (unpaired) electrons. The zero-order chi connectivity index (χ0) is 17.4. The summed E-state index contributed by atoms with van der Waals surface area (Å²) >= 11 is 1.45. The molecule has 4 aromatic rings. The predicted molar refractivity (Wildman–Crippen MR) is 96.8 cm³/mol. The summed E-state index contributed by atoms with van der Waals surface area (Å²) in [7, 11) is 3.81. The summed E-state index contributed by atoms with van der Waals surface area (Å²) < 4.78 is 6.36. The summed E-state index contributed by atoms with van der Waals surface area (Å²) in [6.45, 7) is 2.55. The molecule has 0 saturated heterocycles. The van der Waals surface area contributed by atoms with Gasteiger partial charge in [0.05, 0.1) is 18.4 Å². The van der Waals surface area contributed by atoms with Crippen molar-refractivity contribution in [2.24, 2.45) is 7.05 Å². The van der Waals surface area contributed by atoms with E-state index in [2.05, 4.69) is 31.7 Å². The zero-order valence-electron chi connectivity index (χ0n) is 14.2. The van der Waals surface area contributed by atoms with E-state index in [1.165, 1.54) is 11.3 Å². The number of hydrogen-bond donors (Lipinski definition) is 0. The van der Waals surface area contributed by atoms with Crippen molar-refractivity contribution in [3.05, 3.63) is 46.3 Å². The molecule has 4 rings (SSSR count). The van der Waals surface area contributed by atoms with Crippen molar-refractivity contribution in [1.82, 2.24) is 33.6 Å². The van der Waals surface area contributed by atoms with Crippen molar-refractivity contribution < 1.29 is 0 Å². The Kier molecular flexibility index (Phi) is 4.10. The molecule has 0 bridgehead atoms. The minimum absolute atomic E-state index is 0.0230. The number of thiophene rings is 1. The molecule has 4 aromatic heterocycles. The Morgan fingerprint density at radius 2 is 2.20 bits per heavy atom. The van der Waals surface area contributed by atoms with E-state index in [-0.39, 0.29) is 5.56 Å². The van der Waals surface area contributed by atoms with E-state index in [0.29, 0.717) is 12.3 Å². The summed E-state index contributed by atoms with van der Waals surface area (Å²) in [4.78, 5) is 18.6. The quantitative estimate of drug-likeness (QED) is 0.521. The summed E-state index contributed by atoms with van der Waals surface area (Å²) in [6.07, 6.45) is 6.62. The van der Waals surface area contributed by atoms with Gasteiger partial charge in [-0.3, -0.25) is 18.7 Å². The Morgan fingerprint density at radius 3 is 3.00 bits per heavy atom. The van der Waals surface area contributed by atoms with Crippen LogP contribution in [0.3, 0.4) is 0 Å². The highest BCUT2D eigenvalue weighted by molar-refractivity contribution is 7.17. The lowest BCUT2D eigenvalue weighted by atomic mass is 10.3. The van der Waals surface area contributed by atoms with E-state index < -0.39 is 0 Å². The van der Waals surface area contributed by atoms with Crippen LogP contribution in [0.4, 0.5) is 0 Å². The van der Waals surface area contributed by atoms with Gasteiger partial charge in [0, 0.05) is 32.5 Å². The minimum Gasteiger partial charge on any atom is -0.337 e. The largest absolute Gasteiger partial charge is 0.337 e. The number of aryl methyl sites for hydroxylation is 2. The van der Waals surface area contributed by atoms with Crippen molar-refractivity contribution in [1.29, 1.82) is 0 Å². The van der Waals surface area contributed by atoms with E-state index >= 15 is 0 Å². The molecule has 0 atom stereocenters. The van der Waals surface area contributed by atoms with Crippen molar-refractivity contribution in [2.45, 2.75) is 19.5 Å². The molecule has 0 fully saturated rings. The average molecular weight is 357 g/mol. The fraction of sp³-hybridized carbons (Fsp3) is 0.375. The Morgan fingerprint density at radius 1 is 1.32 bits per heavy atom. The van der Waals surface area contributed by atoms with Crippen LogP contribution in [0.5, 0.6) is 0 Å². The van der Waals surface area contributed by atoms with Gasteiger partial charge in [0.2, 0.25) is 5.78 Å². The fourth-order valence-corrected chi connectivity index (χ4v) is 3.87. The lowest BCUT2D eigenvalue weighted by Gasteiger charge is -2.15. The smallest absolute Gasteiger partial charge is 0.272 e. The lowest BCUT2D eigenvalue weighted by molar-refractivity contribution is 0.306. The Bertz CT molecular complexity index is 1060. The second-order valence-corrected chi connectivity index (χ2v) is 7.06. The molecule has 0 saturated carbocycles. The number of fused-ring (bicyclic) bond motifs is 3. The van der Waals surface area contributed by atoms with Gasteiger partial charge in [-0.05, 0) is 24.9 Å². The van der Waals surface area contributed by atoms with Crippen molar-refractivity contribution in [3.63, 3.8) is 0 Å². The molecular weight excluding hydrogens is 338 g/mol. The van der Waals surface area contributed by atoms with E-state index in [9.17, 15) is 4.79 Å². The van der Waals surface area contributed by atoms with Crippen LogP contribution >= 0.6 is 11.3 Å². The summed E-state index contributed by atoms with van der Waals surface area (Å²) in [5.74, 6) is 1.43. The first-order valence-electron chi connectivity index (χ1n) is 8.09. The van der Waals surface area contributed by atoms with Gasteiger partial charge in [0.15, 0.2) is 5.82 Å². The molecule has 0 aliphatic carbocycles. The third-order valence-electron chi connectivity index (χ3n) is 4.32. The first-order valence-corrected chi connectivity index (χ1v) is 8.97. The van der Waals surface area contributed by atoms with Gasteiger partial charge in [-0.2, -0.15) is 0 Å². The highest BCUT2D eigenvalue weighted by atomic mass is 32.1. The third kappa shape index (κ3) is 2.85. The highest BCUT2D eigenvalue weighted by Crippen LogP contribution is 2.19. The Labute approximate surface area is 148 Å². The number of imidazole rings is 1. The molecule has 25 heavy (non-hydrogen) atoms. The monoisotopic (exact) mass is 357 g/mol. The Hall–Kier alpha value is -2.52. The van der Waals surface area contributed by atoms with E-state index in [4.69, 9.17) is 0 Å². The molecule has 0 unspecified atom stereocenters. The maximum Gasteiger partial charge on any atom is 0.272 e. The van der Waals surface area contributed by atoms with Gasteiger partial charge < -0.3 is 4.57 Å². The summed E-state index contributed by atoms with van der Waals surface area (Å²) in [5, 5.41) is 10.5. The molecule has 0 N–H and O–H groups in total. The first kappa shape index (κ1) is 16.0. The van der Waals surface area contributed by atoms with Crippen molar-refractivity contribution >= 4 is 27.3 Å². The molecule has 0 aliphatic rings. The van der Waals surface area contributed by atoms with Crippen LogP contribution < -0.4 is 5.56 Å². The minimum atomic E-state index is -0.0230. The second-order valence-electron chi connectivity index (χ2n) is 6.14. The normalized spacial score (nSPS) is 12.0. The number of rotatable bonds is 6. The number of aromatic nitrogens is 6. The van der Waals surface area contributed by atoms with Crippen LogP contribution in [0.25, 0.3) is 16.0 Å². The van der Waals surface area contributed by atoms with Crippen LogP contribution in [-0.2, 0) is 20.1 Å². The standard InChI is InChI=1S/C16H19N7OS/c1-20(6-3-7-22-8-5-17-11-22)10-13-18-19-16-21(2)15(24)14-12(23(13)16)4-9-25-14/h4-5,8-9,11H,3,6-7,10H2,1-2H3. The van der Waals surface area contributed by atoms with Crippen molar-refractivity contribution in [3.8, 4) is 0 Å². The van der Waals surface area contributed by atoms with Crippen LogP contribution in [-0.4, -0.2) is 47.2 Å². The van der Waals surface area contributed by atoms with Gasteiger partial charge in [0.1, 0.15) is 4.70 Å². The molecule has 130 valence electrons. The second kappa shape index (κ2) is 6.41.